The van der Waals surface area contributed by atoms with Crippen LogP contribution in [0, 0.1) is 21.0 Å². The van der Waals surface area contributed by atoms with Gasteiger partial charge in [0.15, 0.2) is 5.16 Å². The van der Waals surface area contributed by atoms with Crippen molar-refractivity contribution in [3.63, 3.8) is 0 Å². The van der Waals surface area contributed by atoms with Gasteiger partial charge in [-0.1, -0.05) is 41.0 Å². The van der Waals surface area contributed by atoms with Crippen LogP contribution in [-0.2, 0) is 11.4 Å². The Hall–Kier alpha value is -1.15. The van der Waals surface area contributed by atoms with Gasteiger partial charge in [0.1, 0.15) is 12.4 Å². The lowest BCUT2D eigenvalue weighted by molar-refractivity contribution is -0.118. The first-order chi connectivity index (χ1) is 15.7. The summed E-state index contributed by atoms with van der Waals surface area (Å²) in [5.41, 5.74) is 5.97. The summed E-state index contributed by atoms with van der Waals surface area (Å²) in [4.78, 5) is 20.7. The van der Waals surface area contributed by atoms with Gasteiger partial charge in [0.25, 0.3) is 5.91 Å². The zero-order valence-corrected chi connectivity index (χ0v) is 24.2. The lowest BCUT2D eigenvalue weighted by Crippen LogP contribution is -2.19. The third-order valence-electron chi connectivity index (χ3n) is 4.10. The summed E-state index contributed by atoms with van der Waals surface area (Å²) in [7, 11) is 0. The Kier molecular flexibility index (Phi) is 10.0. The molecule has 1 heterocycles. The number of hydrogen-bond acceptors (Lipinski definition) is 6. The summed E-state index contributed by atoms with van der Waals surface area (Å²) < 4.78 is 7.82. The first-order valence-electron chi connectivity index (χ1n) is 9.54. The molecule has 3 rings (SSSR count). The molecule has 0 aliphatic heterocycles. The summed E-state index contributed by atoms with van der Waals surface area (Å²) in [6, 6.07) is 11.1. The maximum Gasteiger partial charge on any atom is 0.250 e. The molecule has 0 saturated carbocycles. The highest BCUT2D eigenvalue weighted by Gasteiger charge is 2.11. The molecule has 0 spiro atoms. The third-order valence-corrected chi connectivity index (χ3v) is 7.14. The molecule has 0 bridgehead atoms. The zero-order chi connectivity index (χ0) is 24.0. The number of benzene rings is 2. The normalized spacial score (nSPS) is 11.1. The fraction of sp³-hybridized carbons (Fsp3) is 0.182. The Morgan fingerprint density at radius 2 is 1.79 bits per heavy atom. The number of carbonyl (C=O) groups is 1. The van der Waals surface area contributed by atoms with Crippen molar-refractivity contribution in [1.82, 2.24) is 15.4 Å². The van der Waals surface area contributed by atoms with Crippen LogP contribution in [0.25, 0.3) is 0 Å². The average Bonchev–Trinajstić information content (AvgIpc) is 2.72. The molecule has 3 aromatic rings. The number of aryl methyl sites for hydroxylation is 2. The lowest BCUT2D eigenvalue weighted by Gasteiger charge is -2.12. The molecule has 0 aliphatic rings. The van der Waals surface area contributed by atoms with E-state index >= 15 is 0 Å². The van der Waals surface area contributed by atoms with Crippen LogP contribution in [0.2, 0.25) is 10.0 Å². The highest BCUT2D eigenvalue weighted by atomic mass is 127. The van der Waals surface area contributed by atoms with Gasteiger partial charge >= 0.3 is 0 Å². The number of aromatic nitrogens is 2. The Morgan fingerprint density at radius 3 is 2.42 bits per heavy atom. The predicted molar refractivity (Wildman–Crippen MR) is 151 cm³/mol. The van der Waals surface area contributed by atoms with E-state index in [0.717, 1.165) is 35.4 Å². The second kappa shape index (κ2) is 12.5. The van der Waals surface area contributed by atoms with Crippen molar-refractivity contribution in [2.24, 2.45) is 5.10 Å². The predicted octanol–water partition coefficient (Wildman–Crippen LogP) is 6.43. The molecule has 0 aliphatic carbocycles. The number of nitrogens with zero attached hydrogens (tertiary/aromatic N) is 3. The highest BCUT2D eigenvalue weighted by molar-refractivity contribution is 14.1. The number of nitrogens with one attached hydrogen (secondary N) is 1. The van der Waals surface area contributed by atoms with Crippen molar-refractivity contribution in [2.75, 3.05) is 5.75 Å². The van der Waals surface area contributed by atoms with E-state index in [1.807, 2.05) is 38.1 Å². The maximum absolute atomic E-state index is 12.1. The van der Waals surface area contributed by atoms with Gasteiger partial charge in [-0.3, -0.25) is 4.79 Å². The number of hydrazone groups is 1. The molecular weight excluding hydrogens is 709 g/mol. The van der Waals surface area contributed by atoms with E-state index < -0.39 is 0 Å². The molecule has 0 radical (unpaired) electrons. The average molecular weight is 727 g/mol. The minimum Gasteiger partial charge on any atom is -0.487 e. The Morgan fingerprint density at radius 1 is 1.12 bits per heavy atom. The standard InChI is InChI=1S/C22H18Cl2I2N4O2S/c1-12-5-13(2)29-22(28-12)33-11-20(31)30-27-9-14-6-18(25)21(19(26)7-14)32-10-15-3-4-16(23)8-17(15)24/h3-9H,10-11H2,1-2H3,(H,30,31)/b27-9-. The first kappa shape index (κ1) is 26.5. The minimum atomic E-state index is -0.233. The lowest BCUT2D eigenvalue weighted by atomic mass is 10.2. The molecule has 6 nitrogen and oxygen atoms in total. The van der Waals surface area contributed by atoms with Gasteiger partial charge in [-0.15, -0.1) is 0 Å². The second-order valence-electron chi connectivity index (χ2n) is 6.85. The van der Waals surface area contributed by atoms with E-state index in [1.54, 1.807) is 18.3 Å². The molecule has 0 fully saturated rings. The minimum absolute atomic E-state index is 0.176. The van der Waals surface area contributed by atoms with E-state index in [9.17, 15) is 4.79 Å². The number of halogens is 4. The summed E-state index contributed by atoms with van der Waals surface area (Å²) >= 11 is 17.9. The van der Waals surface area contributed by atoms with Crippen LogP contribution in [0.5, 0.6) is 5.75 Å². The SMILES string of the molecule is Cc1cc(C)nc(SCC(=O)N/N=C\c2cc(I)c(OCc3ccc(Cl)cc3Cl)c(I)c2)n1. The largest absolute Gasteiger partial charge is 0.487 e. The van der Waals surface area contributed by atoms with Crippen molar-refractivity contribution in [3.05, 3.63) is 76.1 Å². The van der Waals surface area contributed by atoms with Crippen LogP contribution >= 0.6 is 80.1 Å². The van der Waals surface area contributed by atoms with Crippen LogP contribution < -0.4 is 10.2 Å². The van der Waals surface area contributed by atoms with Crippen molar-refractivity contribution >= 4 is 92.3 Å². The summed E-state index contributed by atoms with van der Waals surface area (Å²) in [5.74, 6) is 0.700. The van der Waals surface area contributed by atoms with Crippen LogP contribution in [0.15, 0.2) is 46.7 Å². The first-order valence-corrected chi connectivity index (χ1v) is 13.4. The molecule has 33 heavy (non-hydrogen) atoms. The molecule has 2 aromatic carbocycles. The number of thioether (sulfide) groups is 1. The van der Waals surface area contributed by atoms with Crippen LogP contribution in [0.1, 0.15) is 22.5 Å². The molecule has 0 saturated heterocycles. The van der Waals surface area contributed by atoms with Gasteiger partial charge < -0.3 is 4.74 Å². The van der Waals surface area contributed by atoms with E-state index in [1.165, 1.54) is 11.8 Å². The molecular formula is C22H18Cl2I2N4O2S. The van der Waals surface area contributed by atoms with Crippen molar-refractivity contribution < 1.29 is 9.53 Å². The topological polar surface area (TPSA) is 76.5 Å². The third kappa shape index (κ3) is 8.23. The molecule has 0 atom stereocenters. The van der Waals surface area contributed by atoms with Gasteiger partial charge in [0.05, 0.1) is 19.1 Å². The molecule has 0 unspecified atom stereocenters. The Labute approximate surface area is 233 Å². The summed E-state index contributed by atoms with van der Waals surface area (Å²) in [6.07, 6.45) is 1.60. The number of amides is 1. The zero-order valence-electron chi connectivity index (χ0n) is 17.5. The molecule has 1 amide bonds. The molecule has 1 N–H and O–H groups in total. The Bertz CT molecular complexity index is 1170. The van der Waals surface area contributed by atoms with Crippen molar-refractivity contribution in [1.29, 1.82) is 0 Å². The van der Waals surface area contributed by atoms with Crippen molar-refractivity contribution in [2.45, 2.75) is 25.6 Å². The molecule has 172 valence electrons. The number of carbonyl (C=O) groups excluding carboxylic acids is 1. The van der Waals surface area contributed by atoms with E-state index in [0.29, 0.717) is 21.8 Å². The van der Waals surface area contributed by atoms with E-state index in [2.05, 4.69) is 65.7 Å². The quantitative estimate of drug-likeness (QED) is 0.0953. The monoisotopic (exact) mass is 726 g/mol. The fourth-order valence-electron chi connectivity index (χ4n) is 2.68. The second-order valence-corrected chi connectivity index (χ2v) is 11.0. The number of hydrogen-bond donors (Lipinski definition) is 1. The van der Waals surface area contributed by atoms with Gasteiger partial charge in [-0.2, -0.15) is 5.10 Å². The number of ether oxygens (including phenoxy) is 1. The highest BCUT2D eigenvalue weighted by Crippen LogP contribution is 2.30. The van der Waals surface area contributed by atoms with Crippen LogP contribution in [0.4, 0.5) is 0 Å². The number of rotatable bonds is 8. The van der Waals surface area contributed by atoms with Crippen LogP contribution in [0.3, 0.4) is 0 Å². The molecule has 1 aromatic heterocycles. The fourth-order valence-corrected chi connectivity index (χ4v) is 6.01. The Balaban J connectivity index is 1.55. The van der Waals surface area contributed by atoms with E-state index in [-0.39, 0.29) is 11.7 Å². The van der Waals surface area contributed by atoms with Gasteiger partial charge in [-0.05, 0) is 94.9 Å². The maximum atomic E-state index is 12.1. The van der Waals surface area contributed by atoms with Gasteiger partial charge in [-0.25, -0.2) is 15.4 Å². The molecule has 11 heteroatoms. The van der Waals surface area contributed by atoms with Crippen molar-refractivity contribution in [3.8, 4) is 5.75 Å². The van der Waals surface area contributed by atoms with Crippen LogP contribution in [-0.4, -0.2) is 27.8 Å². The van der Waals surface area contributed by atoms with Gasteiger partial charge in [0.2, 0.25) is 0 Å². The smallest absolute Gasteiger partial charge is 0.250 e. The van der Waals surface area contributed by atoms with E-state index in [4.69, 9.17) is 27.9 Å². The van der Waals surface area contributed by atoms with Gasteiger partial charge in [0, 0.05) is 27.0 Å². The summed E-state index contributed by atoms with van der Waals surface area (Å²) in [5, 5.41) is 5.78. The summed E-state index contributed by atoms with van der Waals surface area (Å²) in [6.45, 7) is 4.12.